The van der Waals surface area contributed by atoms with Crippen molar-refractivity contribution >= 4 is 0 Å². The summed E-state index contributed by atoms with van der Waals surface area (Å²) in [4.78, 5) is 1.53. The van der Waals surface area contributed by atoms with Crippen LogP contribution < -0.4 is 17.3 Å². The molecule has 1 N–H and O–H groups in total. The lowest BCUT2D eigenvalue weighted by molar-refractivity contribution is -0.802. The van der Waals surface area contributed by atoms with Crippen molar-refractivity contribution in [2.45, 2.75) is 26.7 Å². The van der Waals surface area contributed by atoms with E-state index in [9.17, 15) is 0 Å². The zero-order chi connectivity index (χ0) is 7.40. The fourth-order valence-corrected chi connectivity index (χ4v) is 1.19. The Labute approximate surface area is 75.2 Å². The Bertz CT molecular complexity index is 161. The second-order valence-electron chi connectivity index (χ2n) is 2.84. The Morgan fingerprint density at radius 3 is 2.64 bits per heavy atom. The molecular weight excluding hydrogens is 158 g/mol. The number of hydrogen-bond acceptors (Lipinski definition) is 0. The molecule has 0 aliphatic carbocycles. The number of quaternary nitrogens is 1. The molecule has 0 fully saturated rings. The molecule has 0 saturated heterocycles. The zero-order valence-corrected chi connectivity index (χ0v) is 7.99. The van der Waals surface area contributed by atoms with Gasteiger partial charge in [0.15, 0.2) is 0 Å². The van der Waals surface area contributed by atoms with Crippen molar-refractivity contribution < 1.29 is 17.3 Å². The molecule has 0 aromatic rings. The molecule has 0 spiro atoms. The molecular formula is C9H16ClN. The van der Waals surface area contributed by atoms with Gasteiger partial charge in [0.1, 0.15) is 5.70 Å². The lowest BCUT2D eigenvalue weighted by atomic mass is 10.3. The van der Waals surface area contributed by atoms with Crippen molar-refractivity contribution in [1.82, 2.24) is 0 Å². The lowest BCUT2D eigenvalue weighted by Crippen LogP contribution is -3.04. The molecule has 1 heterocycles. The lowest BCUT2D eigenvalue weighted by Gasteiger charge is -2.09. The first-order chi connectivity index (χ1) is 4.84. The van der Waals surface area contributed by atoms with E-state index in [1.165, 1.54) is 30.0 Å². The molecule has 0 saturated carbocycles. The van der Waals surface area contributed by atoms with E-state index in [-0.39, 0.29) is 12.4 Å². The Balaban J connectivity index is 0.000001000. The van der Waals surface area contributed by atoms with Crippen LogP contribution in [0.25, 0.3) is 0 Å². The summed E-state index contributed by atoms with van der Waals surface area (Å²) in [6.45, 7) is 5.68. The van der Waals surface area contributed by atoms with E-state index in [0.29, 0.717) is 0 Å². The first-order valence-corrected chi connectivity index (χ1v) is 4.05. The van der Waals surface area contributed by atoms with Crippen LogP contribution in [0.2, 0.25) is 0 Å². The topological polar surface area (TPSA) is 4.44 Å². The van der Waals surface area contributed by atoms with Crippen LogP contribution in [0, 0.1) is 0 Å². The van der Waals surface area contributed by atoms with E-state index in [2.05, 4.69) is 32.2 Å². The number of allylic oxidation sites excluding steroid dienone is 3. The minimum Gasteiger partial charge on any atom is -1.00 e. The summed E-state index contributed by atoms with van der Waals surface area (Å²) in [6.07, 6.45) is 9.17. The SMILES string of the molecule is CCCC[NH+]1C=CC=C1C.[Cl-]. The standard InChI is InChI=1S/C9H15N.ClH/c1-3-4-7-10-8-5-6-9(10)2;/h5-6,8H,3-4,7H2,1-2H3;1H. The fraction of sp³-hybridized carbons (Fsp3) is 0.556. The average Bonchev–Trinajstić information content (AvgIpc) is 2.31. The predicted molar refractivity (Wildman–Crippen MR) is 43.6 cm³/mol. The van der Waals surface area contributed by atoms with Crippen LogP contribution in [0.3, 0.4) is 0 Å². The molecule has 1 aliphatic heterocycles. The van der Waals surface area contributed by atoms with Gasteiger partial charge in [-0.25, -0.2) is 0 Å². The van der Waals surface area contributed by atoms with Gasteiger partial charge in [-0.2, -0.15) is 0 Å². The van der Waals surface area contributed by atoms with Crippen LogP contribution in [-0.2, 0) is 0 Å². The van der Waals surface area contributed by atoms with Gasteiger partial charge in [0, 0.05) is 6.92 Å². The van der Waals surface area contributed by atoms with Crippen LogP contribution in [0.5, 0.6) is 0 Å². The van der Waals surface area contributed by atoms with E-state index in [1.807, 2.05) is 0 Å². The van der Waals surface area contributed by atoms with Crippen LogP contribution in [0.1, 0.15) is 26.7 Å². The van der Waals surface area contributed by atoms with Gasteiger partial charge < -0.3 is 12.4 Å². The van der Waals surface area contributed by atoms with Gasteiger partial charge in [0.25, 0.3) is 0 Å². The van der Waals surface area contributed by atoms with Crippen LogP contribution in [0.4, 0.5) is 0 Å². The maximum absolute atomic E-state index is 2.23. The first kappa shape index (κ1) is 10.7. The number of nitrogens with one attached hydrogen (secondary N) is 1. The van der Waals surface area contributed by atoms with Crippen molar-refractivity contribution in [3.05, 3.63) is 24.0 Å². The molecule has 1 atom stereocenters. The van der Waals surface area contributed by atoms with Crippen molar-refractivity contribution in [3.63, 3.8) is 0 Å². The van der Waals surface area contributed by atoms with Gasteiger partial charge in [0.05, 0.1) is 12.7 Å². The molecule has 0 bridgehead atoms. The van der Waals surface area contributed by atoms with Gasteiger partial charge in [-0.15, -0.1) is 0 Å². The second kappa shape index (κ2) is 5.39. The third kappa shape index (κ3) is 3.08. The van der Waals surface area contributed by atoms with Gasteiger partial charge in [-0.3, -0.25) is 4.90 Å². The van der Waals surface area contributed by atoms with Crippen molar-refractivity contribution in [1.29, 1.82) is 0 Å². The Morgan fingerprint density at radius 1 is 1.45 bits per heavy atom. The average molecular weight is 174 g/mol. The maximum atomic E-state index is 2.23. The summed E-state index contributed by atoms with van der Waals surface area (Å²) >= 11 is 0. The second-order valence-corrected chi connectivity index (χ2v) is 2.84. The highest BCUT2D eigenvalue weighted by Crippen LogP contribution is 1.90. The predicted octanol–water partition coefficient (Wildman–Crippen LogP) is -1.89. The molecule has 11 heavy (non-hydrogen) atoms. The molecule has 0 aromatic heterocycles. The number of halogens is 1. The van der Waals surface area contributed by atoms with E-state index in [4.69, 9.17) is 0 Å². The number of hydrogen-bond donors (Lipinski definition) is 1. The fourth-order valence-electron chi connectivity index (χ4n) is 1.19. The zero-order valence-electron chi connectivity index (χ0n) is 7.23. The number of rotatable bonds is 3. The summed E-state index contributed by atoms with van der Waals surface area (Å²) < 4.78 is 0. The summed E-state index contributed by atoms with van der Waals surface area (Å²) in [5, 5.41) is 0. The molecule has 0 aromatic carbocycles. The van der Waals surface area contributed by atoms with E-state index in [0.717, 1.165) is 0 Å². The van der Waals surface area contributed by atoms with Crippen LogP contribution >= 0.6 is 0 Å². The Kier molecular flexibility index (Phi) is 5.26. The van der Waals surface area contributed by atoms with Gasteiger partial charge in [0.2, 0.25) is 0 Å². The van der Waals surface area contributed by atoms with Gasteiger partial charge in [-0.1, -0.05) is 13.3 Å². The van der Waals surface area contributed by atoms with Gasteiger partial charge >= 0.3 is 0 Å². The quantitative estimate of drug-likeness (QED) is 0.509. The van der Waals surface area contributed by atoms with Crippen LogP contribution in [0.15, 0.2) is 24.0 Å². The Morgan fingerprint density at radius 2 is 2.18 bits per heavy atom. The highest BCUT2D eigenvalue weighted by molar-refractivity contribution is 5.08. The van der Waals surface area contributed by atoms with Crippen LogP contribution in [-0.4, -0.2) is 6.54 Å². The highest BCUT2D eigenvalue weighted by atomic mass is 35.5. The largest absolute Gasteiger partial charge is 1.00 e. The van der Waals surface area contributed by atoms with E-state index >= 15 is 0 Å². The summed E-state index contributed by atoms with van der Waals surface area (Å²) in [5.74, 6) is 0. The normalized spacial score (nSPS) is 21.3. The Hall–Kier alpha value is -0.270. The highest BCUT2D eigenvalue weighted by Gasteiger charge is 2.09. The summed E-state index contributed by atoms with van der Waals surface area (Å²) in [6, 6.07) is 0. The number of unbranched alkanes of at least 4 members (excludes halogenated alkanes) is 1. The minimum atomic E-state index is 0. The van der Waals surface area contributed by atoms with Crippen molar-refractivity contribution in [3.8, 4) is 0 Å². The molecule has 64 valence electrons. The van der Waals surface area contributed by atoms with E-state index < -0.39 is 0 Å². The molecule has 1 unspecified atom stereocenters. The van der Waals surface area contributed by atoms with Crippen molar-refractivity contribution in [2.24, 2.45) is 0 Å². The van der Waals surface area contributed by atoms with Gasteiger partial charge in [-0.05, 0) is 18.6 Å². The molecule has 1 nitrogen and oxygen atoms in total. The monoisotopic (exact) mass is 173 g/mol. The smallest absolute Gasteiger partial charge is 0.109 e. The third-order valence-electron chi connectivity index (χ3n) is 1.95. The third-order valence-corrected chi connectivity index (χ3v) is 1.95. The maximum Gasteiger partial charge on any atom is 0.109 e. The molecule has 0 amide bonds. The molecule has 1 aliphatic rings. The molecule has 1 rings (SSSR count). The molecule has 2 heteroatoms. The summed E-state index contributed by atoms with van der Waals surface area (Å²) in [5.41, 5.74) is 1.45. The summed E-state index contributed by atoms with van der Waals surface area (Å²) in [7, 11) is 0. The minimum absolute atomic E-state index is 0. The first-order valence-electron chi connectivity index (χ1n) is 4.05. The van der Waals surface area contributed by atoms with E-state index in [1.54, 1.807) is 0 Å². The molecule has 0 radical (unpaired) electrons. The van der Waals surface area contributed by atoms with Crippen molar-refractivity contribution in [2.75, 3.05) is 6.54 Å².